The molecule has 0 radical (unpaired) electrons. The van der Waals surface area contributed by atoms with Gasteiger partial charge in [-0.1, -0.05) is 51.1 Å². The van der Waals surface area contributed by atoms with E-state index in [1.165, 1.54) is 22.3 Å². The predicted molar refractivity (Wildman–Crippen MR) is 110 cm³/mol. The highest BCUT2D eigenvalue weighted by Gasteiger charge is 2.26. The van der Waals surface area contributed by atoms with E-state index in [-0.39, 0.29) is 29.4 Å². The molecule has 2 aromatic rings. The molecule has 5 nitrogen and oxygen atoms in total. The highest BCUT2D eigenvalue weighted by atomic mass is 32.2. The zero-order valence-corrected chi connectivity index (χ0v) is 16.5. The molecule has 0 unspecified atom stereocenters. The Morgan fingerprint density at radius 3 is 2.41 bits per heavy atom. The number of amidine groups is 1. The van der Waals surface area contributed by atoms with Crippen LogP contribution in [0.15, 0.2) is 64.6 Å². The number of benzene rings is 2. The first kappa shape index (κ1) is 19.2. The number of thioether (sulfide) groups is 1. The summed E-state index contributed by atoms with van der Waals surface area (Å²) in [5, 5.41) is 8.30. The molecule has 27 heavy (non-hydrogen) atoms. The number of nitrogens with one attached hydrogen (secondary N) is 1. The van der Waals surface area contributed by atoms with Crippen LogP contribution in [0.2, 0.25) is 0 Å². The van der Waals surface area contributed by atoms with Crippen LogP contribution in [0.5, 0.6) is 0 Å². The van der Waals surface area contributed by atoms with Gasteiger partial charge in [-0.3, -0.25) is 9.59 Å². The van der Waals surface area contributed by atoms with Crippen LogP contribution >= 0.6 is 11.8 Å². The Balaban J connectivity index is 1.54. The fourth-order valence-electron chi connectivity index (χ4n) is 2.67. The number of carbonyl (C=O) groups is 2. The summed E-state index contributed by atoms with van der Waals surface area (Å²) in [7, 11) is 0. The number of nitrogens with zero attached hydrogens (tertiary/aromatic N) is 2. The first-order chi connectivity index (χ1) is 12.8. The molecule has 0 fully saturated rings. The number of rotatable bonds is 4. The minimum absolute atomic E-state index is 0.103. The van der Waals surface area contributed by atoms with Gasteiger partial charge in [-0.25, -0.2) is 0 Å². The van der Waals surface area contributed by atoms with Crippen molar-refractivity contribution >= 4 is 35.1 Å². The smallest absolute Gasteiger partial charge is 0.255 e. The molecule has 140 valence electrons. The van der Waals surface area contributed by atoms with Crippen LogP contribution in [-0.4, -0.2) is 23.4 Å². The second-order valence-corrected chi connectivity index (χ2v) is 8.42. The third-order valence-electron chi connectivity index (χ3n) is 4.15. The van der Waals surface area contributed by atoms with E-state index >= 15 is 0 Å². The summed E-state index contributed by atoms with van der Waals surface area (Å²) in [6, 6.07) is 17.4. The Morgan fingerprint density at radius 1 is 1.11 bits per heavy atom. The Bertz CT molecular complexity index is 855. The highest BCUT2D eigenvalue weighted by Crippen LogP contribution is 2.25. The monoisotopic (exact) mass is 381 g/mol. The van der Waals surface area contributed by atoms with Crippen molar-refractivity contribution in [3.05, 3.63) is 60.2 Å². The standard InChI is InChI=1S/C21H23N3O2S/c1-21(2,3)15-9-11-17(12-10-15)27-14-19(25)22-18-13-20(26)24(23-18)16-7-5-4-6-8-16/h4-12H,13-14H2,1-3H3,(H,22,23,25). The third kappa shape index (κ3) is 4.98. The number of carbonyl (C=O) groups excluding carboxylic acids is 2. The van der Waals surface area contributed by atoms with E-state index in [9.17, 15) is 9.59 Å². The Hall–Kier alpha value is -2.60. The zero-order valence-electron chi connectivity index (χ0n) is 15.7. The fraction of sp³-hybridized carbons (Fsp3) is 0.286. The lowest BCUT2D eigenvalue weighted by atomic mass is 9.87. The molecule has 0 aliphatic carbocycles. The molecule has 2 aromatic carbocycles. The van der Waals surface area contributed by atoms with Crippen molar-refractivity contribution in [2.45, 2.75) is 37.5 Å². The van der Waals surface area contributed by atoms with Gasteiger partial charge in [0.2, 0.25) is 5.91 Å². The summed E-state index contributed by atoms with van der Waals surface area (Å²) in [4.78, 5) is 25.4. The maximum absolute atomic E-state index is 12.2. The van der Waals surface area contributed by atoms with Gasteiger partial charge in [-0.05, 0) is 35.2 Å². The van der Waals surface area contributed by atoms with Gasteiger partial charge in [0.15, 0.2) is 0 Å². The second kappa shape index (κ2) is 7.96. The van der Waals surface area contributed by atoms with Gasteiger partial charge in [0.05, 0.1) is 17.9 Å². The van der Waals surface area contributed by atoms with E-state index in [1.54, 1.807) is 0 Å². The van der Waals surface area contributed by atoms with Gasteiger partial charge in [0.25, 0.3) is 5.91 Å². The minimum atomic E-state index is -0.165. The van der Waals surface area contributed by atoms with E-state index in [2.05, 4.69) is 43.3 Å². The molecule has 6 heteroatoms. The topological polar surface area (TPSA) is 61.8 Å². The average molecular weight is 382 g/mol. The van der Waals surface area contributed by atoms with E-state index < -0.39 is 0 Å². The maximum Gasteiger partial charge on any atom is 0.255 e. The molecule has 0 saturated heterocycles. The maximum atomic E-state index is 12.2. The third-order valence-corrected chi connectivity index (χ3v) is 5.16. The first-order valence-electron chi connectivity index (χ1n) is 8.81. The van der Waals surface area contributed by atoms with Gasteiger partial charge in [-0.15, -0.1) is 11.8 Å². The van der Waals surface area contributed by atoms with Crippen molar-refractivity contribution in [3.8, 4) is 0 Å². The Labute approximate surface area is 163 Å². The number of hydrogen-bond acceptors (Lipinski definition) is 4. The van der Waals surface area contributed by atoms with Crippen molar-refractivity contribution in [2.24, 2.45) is 5.10 Å². The summed E-state index contributed by atoms with van der Waals surface area (Å²) < 4.78 is 0. The lowest BCUT2D eigenvalue weighted by molar-refractivity contribution is -0.117. The molecule has 1 heterocycles. The second-order valence-electron chi connectivity index (χ2n) is 7.38. The van der Waals surface area contributed by atoms with Crippen LogP contribution in [0, 0.1) is 0 Å². The summed E-state index contributed by atoms with van der Waals surface area (Å²) in [6.07, 6.45) is 0.103. The molecule has 0 aromatic heterocycles. The van der Waals surface area contributed by atoms with Gasteiger partial charge in [-0.2, -0.15) is 10.1 Å². The SMILES string of the molecule is CC(C)(C)c1ccc(SCC(=O)NC2=NN(c3ccccc3)C(=O)C2)cc1. The minimum Gasteiger partial charge on any atom is -0.312 e. The van der Waals surface area contributed by atoms with Crippen LogP contribution in [0.1, 0.15) is 32.8 Å². The Morgan fingerprint density at radius 2 is 1.78 bits per heavy atom. The molecule has 3 rings (SSSR count). The zero-order chi connectivity index (χ0) is 19.4. The van der Waals surface area contributed by atoms with Crippen LogP contribution < -0.4 is 10.3 Å². The molecule has 1 aliphatic heterocycles. The molecule has 2 amide bonds. The van der Waals surface area contributed by atoms with Gasteiger partial charge in [0, 0.05) is 4.90 Å². The number of anilines is 1. The van der Waals surface area contributed by atoms with Crippen LogP contribution in [0.4, 0.5) is 5.69 Å². The van der Waals surface area contributed by atoms with Crippen molar-refractivity contribution in [3.63, 3.8) is 0 Å². The average Bonchev–Trinajstić information content (AvgIpc) is 3.00. The number of amides is 2. The lowest BCUT2D eigenvalue weighted by Gasteiger charge is -2.19. The molecule has 0 bridgehead atoms. The lowest BCUT2D eigenvalue weighted by Crippen LogP contribution is -2.31. The summed E-state index contributed by atoms with van der Waals surface area (Å²) in [6.45, 7) is 6.51. The van der Waals surface area contributed by atoms with E-state index in [1.807, 2.05) is 42.5 Å². The molecule has 0 spiro atoms. The molecular formula is C21H23N3O2S. The molecular weight excluding hydrogens is 358 g/mol. The van der Waals surface area contributed by atoms with E-state index in [4.69, 9.17) is 0 Å². The van der Waals surface area contributed by atoms with Crippen LogP contribution in [-0.2, 0) is 15.0 Å². The predicted octanol–water partition coefficient (Wildman–Crippen LogP) is 3.94. The summed E-state index contributed by atoms with van der Waals surface area (Å²) in [5.74, 6) is 0.341. The first-order valence-corrected chi connectivity index (χ1v) is 9.80. The number of hydrogen-bond donors (Lipinski definition) is 1. The highest BCUT2D eigenvalue weighted by molar-refractivity contribution is 8.00. The van der Waals surface area contributed by atoms with Gasteiger partial charge >= 0.3 is 0 Å². The van der Waals surface area contributed by atoms with Gasteiger partial charge < -0.3 is 5.32 Å². The fourth-order valence-corrected chi connectivity index (χ4v) is 3.37. The molecule has 0 atom stereocenters. The van der Waals surface area contributed by atoms with Crippen LogP contribution in [0.3, 0.4) is 0 Å². The number of para-hydroxylation sites is 1. The van der Waals surface area contributed by atoms with Crippen LogP contribution in [0.25, 0.3) is 0 Å². The summed E-state index contributed by atoms with van der Waals surface area (Å²) in [5.41, 5.74) is 2.06. The molecule has 1 N–H and O–H groups in total. The number of hydrazone groups is 1. The van der Waals surface area contributed by atoms with Crippen molar-refractivity contribution in [2.75, 3.05) is 10.8 Å². The molecule has 1 aliphatic rings. The van der Waals surface area contributed by atoms with Crippen molar-refractivity contribution < 1.29 is 9.59 Å². The quantitative estimate of drug-likeness (QED) is 0.816. The Kier molecular flexibility index (Phi) is 5.65. The van der Waals surface area contributed by atoms with Gasteiger partial charge in [0.1, 0.15) is 5.84 Å². The molecule has 0 saturated carbocycles. The summed E-state index contributed by atoms with van der Waals surface area (Å²) >= 11 is 1.46. The normalized spacial score (nSPS) is 14.3. The van der Waals surface area contributed by atoms with Crippen molar-refractivity contribution in [1.82, 2.24) is 5.32 Å². The van der Waals surface area contributed by atoms with Crippen molar-refractivity contribution in [1.29, 1.82) is 0 Å². The van der Waals surface area contributed by atoms with E-state index in [0.29, 0.717) is 11.5 Å². The largest absolute Gasteiger partial charge is 0.312 e. The van der Waals surface area contributed by atoms with E-state index in [0.717, 1.165) is 4.90 Å².